The second-order valence-corrected chi connectivity index (χ2v) is 5.05. The van der Waals surface area contributed by atoms with E-state index in [1.54, 1.807) is 30.1 Å². The average molecular weight is 251 g/mol. The van der Waals surface area contributed by atoms with Crippen molar-refractivity contribution in [1.29, 1.82) is 0 Å². The minimum absolute atomic E-state index is 0.0442. The molecule has 0 unspecified atom stereocenters. The normalized spacial score (nSPS) is 11.3. The number of aliphatic hydroxyl groups is 1. The number of hydrogen-bond acceptors (Lipinski definition) is 3. The van der Waals surface area contributed by atoms with Crippen molar-refractivity contribution in [3.8, 4) is 5.75 Å². The summed E-state index contributed by atoms with van der Waals surface area (Å²) in [6, 6.07) is 7.00. The summed E-state index contributed by atoms with van der Waals surface area (Å²) in [5.74, 6) is 0.173. The number of phenolic OH excluding ortho intramolecular Hbond substituents is 1. The molecule has 0 saturated carbocycles. The predicted octanol–water partition coefficient (Wildman–Crippen LogP) is 1.55. The Bertz CT molecular complexity index is 415. The highest BCUT2D eigenvalue weighted by Gasteiger charge is 2.26. The maximum atomic E-state index is 12.0. The van der Waals surface area contributed by atoms with E-state index in [9.17, 15) is 15.0 Å². The van der Waals surface area contributed by atoms with Crippen LogP contribution in [0.3, 0.4) is 0 Å². The third-order valence-corrected chi connectivity index (χ3v) is 3.27. The minimum atomic E-state index is -0.560. The molecule has 2 N–H and O–H groups in total. The zero-order chi connectivity index (χ0) is 13.8. The molecular formula is C14H21NO3. The molecule has 18 heavy (non-hydrogen) atoms. The molecular weight excluding hydrogens is 230 g/mol. The Labute approximate surface area is 108 Å². The molecule has 4 heteroatoms. The molecule has 0 bridgehead atoms. The smallest absolute Gasteiger partial charge is 0.223 e. The van der Waals surface area contributed by atoms with E-state index >= 15 is 0 Å². The molecule has 4 nitrogen and oxygen atoms in total. The van der Waals surface area contributed by atoms with Gasteiger partial charge in [-0.25, -0.2) is 0 Å². The van der Waals surface area contributed by atoms with Crippen molar-refractivity contribution < 1.29 is 15.0 Å². The summed E-state index contributed by atoms with van der Waals surface area (Å²) in [4.78, 5) is 13.5. The molecule has 1 aromatic rings. The maximum Gasteiger partial charge on any atom is 0.223 e. The maximum absolute atomic E-state index is 12.0. The number of hydrogen-bond donors (Lipinski definition) is 2. The highest BCUT2D eigenvalue weighted by Crippen LogP contribution is 2.19. The van der Waals surface area contributed by atoms with Crippen LogP contribution in [-0.2, 0) is 11.2 Å². The van der Waals surface area contributed by atoms with E-state index in [1.165, 1.54) is 0 Å². The summed E-state index contributed by atoms with van der Waals surface area (Å²) in [5.41, 5.74) is 0.205. The molecule has 0 atom stereocenters. The first-order valence-corrected chi connectivity index (χ1v) is 6.03. The second-order valence-electron chi connectivity index (χ2n) is 5.05. The number of rotatable bonds is 5. The SMILES string of the molecule is CN(C(=O)CCc1ccccc1O)C(C)(C)CO. The molecule has 0 fully saturated rings. The van der Waals surface area contributed by atoms with Crippen molar-refractivity contribution in [1.82, 2.24) is 4.90 Å². The summed E-state index contributed by atoms with van der Waals surface area (Å²) in [6.07, 6.45) is 0.814. The molecule has 1 aromatic carbocycles. The van der Waals surface area contributed by atoms with E-state index in [0.29, 0.717) is 12.8 Å². The van der Waals surface area contributed by atoms with Gasteiger partial charge in [0, 0.05) is 13.5 Å². The van der Waals surface area contributed by atoms with E-state index < -0.39 is 5.54 Å². The number of carbonyl (C=O) groups excluding carboxylic acids is 1. The molecule has 0 spiro atoms. The summed E-state index contributed by atoms with van der Waals surface area (Å²) >= 11 is 0. The molecule has 0 aliphatic carbocycles. The number of nitrogens with zero attached hydrogens (tertiary/aromatic N) is 1. The lowest BCUT2D eigenvalue weighted by atomic mass is 10.0. The van der Waals surface area contributed by atoms with E-state index in [4.69, 9.17) is 0 Å². The fraction of sp³-hybridized carbons (Fsp3) is 0.500. The van der Waals surface area contributed by atoms with Gasteiger partial charge < -0.3 is 15.1 Å². The Kier molecular flexibility index (Phi) is 4.73. The average Bonchev–Trinajstić information content (AvgIpc) is 2.36. The Balaban J connectivity index is 2.59. The van der Waals surface area contributed by atoms with E-state index in [0.717, 1.165) is 5.56 Å². The fourth-order valence-corrected chi connectivity index (χ4v) is 1.58. The van der Waals surface area contributed by atoms with Crippen LogP contribution in [0.25, 0.3) is 0 Å². The monoisotopic (exact) mass is 251 g/mol. The summed E-state index contributed by atoms with van der Waals surface area (Å²) in [6.45, 7) is 3.54. The molecule has 0 aromatic heterocycles. The van der Waals surface area contributed by atoms with Gasteiger partial charge in [0.1, 0.15) is 5.75 Å². The molecule has 1 rings (SSSR count). The molecule has 0 aliphatic rings. The van der Waals surface area contributed by atoms with Crippen molar-refractivity contribution in [2.45, 2.75) is 32.2 Å². The number of aliphatic hydroxyl groups excluding tert-OH is 1. The lowest BCUT2D eigenvalue weighted by Crippen LogP contribution is -2.47. The molecule has 0 heterocycles. The fourth-order valence-electron chi connectivity index (χ4n) is 1.58. The highest BCUT2D eigenvalue weighted by atomic mass is 16.3. The van der Waals surface area contributed by atoms with Crippen molar-refractivity contribution in [3.05, 3.63) is 29.8 Å². The Morgan fingerprint density at radius 1 is 1.33 bits per heavy atom. The first-order chi connectivity index (χ1) is 8.38. The molecule has 0 saturated heterocycles. The number of likely N-dealkylation sites (N-methyl/N-ethyl adjacent to an activating group) is 1. The zero-order valence-corrected chi connectivity index (χ0v) is 11.2. The van der Waals surface area contributed by atoms with Crippen LogP contribution in [0.15, 0.2) is 24.3 Å². The lowest BCUT2D eigenvalue weighted by Gasteiger charge is -2.34. The number of amides is 1. The van der Waals surface area contributed by atoms with Crippen LogP contribution in [0.2, 0.25) is 0 Å². The third-order valence-electron chi connectivity index (χ3n) is 3.27. The predicted molar refractivity (Wildman–Crippen MR) is 70.4 cm³/mol. The number of carbonyl (C=O) groups is 1. The molecule has 0 aliphatic heterocycles. The Morgan fingerprint density at radius 3 is 2.50 bits per heavy atom. The Hall–Kier alpha value is -1.55. The number of para-hydroxylation sites is 1. The standard InChI is InChI=1S/C14H21NO3/c1-14(2,10-16)15(3)13(18)9-8-11-6-4-5-7-12(11)17/h4-7,16-17H,8-10H2,1-3H3. The number of aromatic hydroxyl groups is 1. The third kappa shape index (κ3) is 3.47. The minimum Gasteiger partial charge on any atom is -0.508 e. The van der Waals surface area contributed by atoms with E-state index in [1.807, 2.05) is 19.9 Å². The van der Waals surface area contributed by atoms with Gasteiger partial charge >= 0.3 is 0 Å². The van der Waals surface area contributed by atoms with Crippen LogP contribution in [0.1, 0.15) is 25.8 Å². The molecule has 1 amide bonds. The van der Waals surface area contributed by atoms with E-state index in [2.05, 4.69) is 0 Å². The lowest BCUT2D eigenvalue weighted by molar-refractivity contribution is -0.135. The van der Waals surface area contributed by atoms with Crippen LogP contribution in [0.5, 0.6) is 5.75 Å². The van der Waals surface area contributed by atoms with Crippen molar-refractivity contribution in [3.63, 3.8) is 0 Å². The first-order valence-electron chi connectivity index (χ1n) is 6.03. The van der Waals surface area contributed by atoms with Gasteiger partial charge in [-0.15, -0.1) is 0 Å². The summed E-state index contributed by atoms with van der Waals surface area (Å²) in [5, 5.41) is 18.8. The number of phenols is 1. The number of aryl methyl sites for hydroxylation is 1. The van der Waals surface area contributed by atoms with Crippen molar-refractivity contribution in [2.75, 3.05) is 13.7 Å². The van der Waals surface area contributed by atoms with Crippen LogP contribution in [0, 0.1) is 0 Å². The van der Waals surface area contributed by atoms with Gasteiger partial charge in [-0.3, -0.25) is 4.79 Å². The molecule has 100 valence electrons. The summed E-state index contributed by atoms with van der Waals surface area (Å²) < 4.78 is 0. The Morgan fingerprint density at radius 2 is 1.94 bits per heavy atom. The van der Waals surface area contributed by atoms with Gasteiger partial charge in [0.25, 0.3) is 0 Å². The first kappa shape index (κ1) is 14.5. The van der Waals surface area contributed by atoms with Crippen LogP contribution >= 0.6 is 0 Å². The van der Waals surface area contributed by atoms with Gasteiger partial charge in [0.2, 0.25) is 5.91 Å². The van der Waals surface area contributed by atoms with Gasteiger partial charge in [-0.1, -0.05) is 18.2 Å². The van der Waals surface area contributed by atoms with Crippen LogP contribution < -0.4 is 0 Å². The largest absolute Gasteiger partial charge is 0.508 e. The second kappa shape index (κ2) is 5.87. The summed E-state index contributed by atoms with van der Waals surface area (Å²) in [7, 11) is 1.68. The van der Waals surface area contributed by atoms with Gasteiger partial charge in [0.05, 0.1) is 12.1 Å². The van der Waals surface area contributed by atoms with E-state index in [-0.39, 0.29) is 18.3 Å². The quantitative estimate of drug-likeness (QED) is 0.834. The number of benzene rings is 1. The van der Waals surface area contributed by atoms with Gasteiger partial charge in [0.15, 0.2) is 0 Å². The highest BCUT2D eigenvalue weighted by molar-refractivity contribution is 5.77. The van der Waals surface area contributed by atoms with Crippen molar-refractivity contribution in [2.24, 2.45) is 0 Å². The van der Waals surface area contributed by atoms with Gasteiger partial charge in [-0.2, -0.15) is 0 Å². The van der Waals surface area contributed by atoms with Crippen LogP contribution in [0.4, 0.5) is 0 Å². The topological polar surface area (TPSA) is 60.8 Å². The van der Waals surface area contributed by atoms with Gasteiger partial charge in [-0.05, 0) is 31.9 Å². The zero-order valence-electron chi connectivity index (χ0n) is 11.2. The van der Waals surface area contributed by atoms with Crippen molar-refractivity contribution >= 4 is 5.91 Å². The van der Waals surface area contributed by atoms with Crippen LogP contribution in [-0.4, -0.2) is 40.2 Å². The molecule has 0 radical (unpaired) electrons.